The Bertz CT molecular complexity index is 526. The van der Waals surface area contributed by atoms with Gasteiger partial charge in [0, 0.05) is 6.26 Å². The molecule has 0 radical (unpaired) electrons. The molecule has 1 heterocycles. The van der Waals surface area contributed by atoms with Crippen LogP contribution in [0, 0.1) is 5.82 Å². The zero-order valence-electron chi connectivity index (χ0n) is 8.63. The summed E-state index contributed by atoms with van der Waals surface area (Å²) in [4.78, 5) is 0. The number of benzene rings is 1. The van der Waals surface area contributed by atoms with Gasteiger partial charge in [-0.1, -0.05) is 12.1 Å². The Morgan fingerprint density at radius 3 is 3.00 bits per heavy atom. The van der Waals surface area contributed by atoms with Crippen molar-refractivity contribution >= 4 is 10.8 Å². The lowest BCUT2D eigenvalue weighted by molar-refractivity contribution is 0.619. The molecule has 0 unspecified atom stereocenters. The molecule has 16 heavy (non-hydrogen) atoms. The van der Waals surface area contributed by atoms with Crippen LogP contribution in [0.15, 0.2) is 35.7 Å². The Morgan fingerprint density at radius 2 is 2.31 bits per heavy atom. The summed E-state index contributed by atoms with van der Waals surface area (Å²) in [5.74, 6) is -0.287. The van der Waals surface area contributed by atoms with E-state index in [2.05, 4.69) is 10.2 Å². The van der Waals surface area contributed by atoms with Crippen LogP contribution in [-0.2, 0) is 17.3 Å². The van der Waals surface area contributed by atoms with E-state index in [1.54, 1.807) is 16.7 Å². The minimum atomic E-state index is -1.19. The van der Waals surface area contributed by atoms with E-state index < -0.39 is 10.8 Å². The van der Waals surface area contributed by atoms with Crippen LogP contribution in [0.25, 0.3) is 0 Å². The largest absolute Gasteiger partial charge is 0.302 e. The maximum atomic E-state index is 13.0. The first-order chi connectivity index (χ1) is 7.66. The van der Waals surface area contributed by atoms with E-state index >= 15 is 0 Å². The summed E-state index contributed by atoms with van der Waals surface area (Å²) in [6.07, 6.45) is 3.02. The van der Waals surface area contributed by atoms with Gasteiger partial charge in [0.25, 0.3) is 0 Å². The monoisotopic (exact) mass is 239 g/mol. The number of hydrogen-bond donors (Lipinski definition) is 0. The first kappa shape index (κ1) is 10.9. The van der Waals surface area contributed by atoms with E-state index in [1.807, 2.05) is 0 Å². The standard InChI is InChI=1S/C10H10FN3OS/c1-16(15)10-13-12-7-14(10)6-8-3-2-4-9(11)5-8/h2-5,7H,6H2,1H3/t16-/m0/s1. The van der Waals surface area contributed by atoms with Gasteiger partial charge in [-0.05, 0) is 17.7 Å². The van der Waals surface area contributed by atoms with Crippen LogP contribution in [0.4, 0.5) is 4.39 Å². The fraction of sp³-hybridized carbons (Fsp3) is 0.200. The molecule has 0 N–H and O–H groups in total. The van der Waals surface area contributed by atoms with E-state index in [9.17, 15) is 8.60 Å². The summed E-state index contributed by atoms with van der Waals surface area (Å²) >= 11 is 0. The predicted molar refractivity (Wildman–Crippen MR) is 57.9 cm³/mol. The van der Waals surface area contributed by atoms with Gasteiger partial charge in [0.05, 0.1) is 17.3 Å². The average molecular weight is 239 g/mol. The van der Waals surface area contributed by atoms with Crippen LogP contribution < -0.4 is 0 Å². The van der Waals surface area contributed by atoms with Gasteiger partial charge < -0.3 is 4.57 Å². The summed E-state index contributed by atoms with van der Waals surface area (Å²) < 4.78 is 25.9. The van der Waals surface area contributed by atoms with Gasteiger partial charge in [-0.2, -0.15) is 0 Å². The highest BCUT2D eigenvalue weighted by atomic mass is 32.2. The Morgan fingerprint density at radius 1 is 1.50 bits per heavy atom. The van der Waals surface area contributed by atoms with Crippen LogP contribution in [0.3, 0.4) is 0 Å². The van der Waals surface area contributed by atoms with E-state index in [4.69, 9.17) is 0 Å². The van der Waals surface area contributed by atoms with Crippen LogP contribution in [0.5, 0.6) is 0 Å². The zero-order valence-corrected chi connectivity index (χ0v) is 9.45. The van der Waals surface area contributed by atoms with Crippen molar-refractivity contribution in [2.75, 3.05) is 6.26 Å². The molecule has 4 nitrogen and oxygen atoms in total. The maximum Gasteiger partial charge on any atom is 0.221 e. The van der Waals surface area contributed by atoms with Gasteiger partial charge in [-0.15, -0.1) is 10.2 Å². The predicted octanol–water partition coefficient (Wildman–Crippen LogP) is 1.20. The second-order valence-electron chi connectivity index (χ2n) is 3.33. The second-order valence-corrected chi connectivity index (χ2v) is 4.60. The molecule has 2 rings (SSSR count). The van der Waals surface area contributed by atoms with E-state index in [0.717, 1.165) is 5.56 Å². The number of nitrogens with zero attached hydrogens (tertiary/aromatic N) is 3. The van der Waals surface area contributed by atoms with Crippen LogP contribution >= 0.6 is 0 Å². The van der Waals surface area contributed by atoms with Crippen molar-refractivity contribution in [3.63, 3.8) is 0 Å². The molecule has 0 bridgehead atoms. The quantitative estimate of drug-likeness (QED) is 0.808. The van der Waals surface area contributed by atoms with Crippen molar-refractivity contribution in [3.8, 4) is 0 Å². The molecule has 0 spiro atoms. The number of hydrogen-bond acceptors (Lipinski definition) is 3. The molecule has 1 aromatic heterocycles. The summed E-state index contributed by atoms with van der Waals surface area (Å²) in [6, 6.07) is 6.25. The molecule has 6 heteroatoms. The van der Waals surface area contributed by atoms with E-state index in [1.165, 1.54) is 24.7 Å². The molecule has 0 saturated carbocycles. The lowest BCUT2D eigenvalue weighted by atomic mass is 10.2. The first-order valence-corrected chi connectivity index (χ1v) is 6.18. The molecule has 0 aliphatic carbocycles. The fourth-order valence-corrected chi connectivity index (χ4v) is 2.01. The first-order valence-electron chi connectivity index (χ1n) is 4.62. The third-order valence-corrected chi connectivity index (χ3v) is 2.91. The van der Waals surface area contributed by atoms with Gasteiger partial charge in [0.15, 0.2) is 0 Å². The third-order valence-electron chi connectivity index (χ3n) is 2.08. The molecule has 2 aromatic rings. The Balaban J connectivity index is 2.27. The molecule has 84 valence electrons. The molecule has 1 aromatic carbocycles. The highest BCUT2D eigenvalue weighted by Crippen LogP contribution is 2.08. The van der Waals surface area contributed by atoms with Crippen molar-refractivity contribution in [2.24, 2.45) is 0 Å². The highest BCUT2D eigenvalue weighted by molar-refractivity contribution is 7.84. The fourth-order valence-electron chi connectivity index (χ4n) is 1.41. The lowest BCUT2D eigenvalue weighted by Gasteiger charge is -2.04. The second kappa shape index (κ2) is 4.52. The van der Waals surface area contributed by atoms with E-state index in [0.29, 0.717) is 11.7 Å². The van der Waals surface area contributed by atoms with Crippen LogP contribution in [0.2, 0.25) is 0 Å². The van der Waals surface area contributed by atoms with E-state index in [-0.39, 0.29) is 5.82 Å². The minimum absolute atomic E-state index is 0.287. The van der Waals surface area contributed by atoms with Crippen molar-refractivity contribution in [3.05, 3.63) is 42.0 Å². The molecule has 0 aliphatic heterocycles. The minimum Gasteiger partial charge on any atom is -0.302 e. The number of halogens is 1. The summed E-state index contributed by atoms with van der Waals surface area (Å²) in [6.45, 7) is 0.416. The SMILES string of the molecule is C[S@](=O)c1nncn1Cc1cccc(F)c1. The van der Waals surface area contributed by atoms with Gasteiger partial charge in [-0.3, -0.25) is 4.21 Å². The summed E-state index contributed by atoms with van der Waals surface area (Å²) in [5.41, 5.74) is 0.784. The zero-order chi connectivity index (χ0) is 11.5. The maximum absolute atomic E-state index is 13.0. The number of rotatable bonds is 3. The molecular weight excluding hydrogens is 229 g/mol. The summed E-state index contributed by atoms with van der Waals surface area (Å²) in [5, 5.41) is 7.83. The number of aromatic nitrogens is 3. The molecule has 1 atom stereocenters. The smallest absolute Gasteiger partial charge is 0.221 e. The summed E-state index contributed by atoms with van der Waals surface area (Å²) in [7, 11) is -1.19. The normalized spacial score (nSPS) is 12.6. The lowest BCUT2D eigenvalue weighted by Crippen LogP contribution is -2.05. The Hall–Kier alpha value is -1.56. The van der Waals surface area contributed by atoms with Crippen molar-refractivity contribution in [1.29, 1.82) is 0 Å². The van der Waals surface area contributed by atoms with Crippen molar-refractivity contribution in [1.82, 2.24) is 14.8 Å². The molecule has 0 aliphatic rings. The Labute approximate surface area is 94.6 Å². The average Bonchev–Trinajstić information content (AvgIpc) is 2.66. The van der Waals surface area contributed by atoms with Crippen LogP contribution in [-0.4, -0.2) is 25.2 Å². The van der Waals surface area contributed by atoms with Crippen LogP contribution in [0.1, 0.15) is 5.56 Å². The van der Waals surface area contributed by atoms with Crippen molar-refractivity contribution in [2.45, 2.75) is 11.7 Å². The van der Waals surface area contributed by atoms with Gasteiger partial charge in [0.2, 0.25) is 5.16 Å². The molecular formula is C10H10FN3OS. The van der Waals surface area contributed by atoms with Gasteiger partial charge in [-0.25, -0.2) is 4.39 Å². The molecule has 0 saturated heterocycles. The third kappa shape index (κ3) is 2.33. The Kier molecular flexibility index (Phi) is 3.09. The molecule has 0 amide bonds. The molecule has 0 fully saturated rings. The topological polar surface area (TPSA) is 47.8 Å². The van der Waals surface area contributed by atoms with Gasteiger partial charge >= 0.3 is 0 Å². The van der Waals surface area contributed by atoms with Crippen molar-refractivity contribution < 1.29 is 8.60 Å². The van der Waals surface area contributed by atoms with Gasteiger partial charge in [0.1, 0.15) is 12.1 Å². The highest BCUT2D eigenvalue weighted by Gasteiger charge is 2.08.